The molecule has 15 heavy (non-hydrogen) atoms. The minimum atomic E-state index is 0.900. The molecule has 3 nitrogen and oxygen atoms in total. The van der Waals surface area contributed by atoms with Gasteiger partial charge in [-0.25, -0.2) is 0 Å². The van der Waals surface area contributed by atoms with Crippen LogP contribution in [0.25, 0.3) is 0 Å². The largest absolute Gasteiger partial charge is 0.339 e. The number of hydrogen-bond acceptors (Lipinski definition) is 3. The molecule has 2 rings (SSSR count). The molecule has 0 saturated carbocycles. The molecule has 0 aliphatic carbocycles. The van der Waals surface area contributed by atoms with Crippen LogP contribution in [0.1, 0.15) is 6.92 Å². The van der Waals surface area contributed by atoms with Crippen LogP contribution in [0.2, 0.25) is 0 Å². The number of aromatic nitrogens is 2. The molecule has 0 atom stereocenters. The maximum atomic E-state index is 4.12. The van der Waals surface area contributed by atoms with E-state index in [-0.39, 0.29) is 0 Å². The van der Waals surface area contributed by atoms with Crippen molar-refractivity contribution in [2.75, 3.05) is 11.4 Å². The lowest BCUT2D eigenvalue weighted by atomic mass is 10.3. The van der Waals surface area contributed by atoms with E-state index in [1.54, 1.807) is 12.4 Å². The van der Waals surface area contributed by atoms with Gasteiger partial charge in [-0.1, -0.05) is 0 Å². The fourth-order valence-corrected chi connectivity index (χ4v) is 1.54. The van der Waals surface area contributed by atoms with E-state index in [1.807, 2.05) is 36.7 Å². The smallest absolute Gasteiger partial charge is 0.0597 e. The Morgan fingerprint density at radius 2 is 1.53 bits per heavy atom. The Morgan fingerprint density at radius 1 is 1.00 bits per heavy atom. The SMILES string of the molecule is CCN(c1cccnc1)c1cccnc1. The molecule has 0 aliphatic rings. The van der Waals surface area contributed by atoms with Crippen molar-refractivity contribution in [1.29, 1.82) is 0 Å². The number of rotatable bonds is 3. The predicted molar refractivity (Wildman–Crippen MR) is 61.2 cm³/mol. The Morgan fingerprint density at radius 3 is 1.87 bits per heavy atom. The van der Waals surface area contributed by atoms with Crippen LogP contribution in [-0.4, -0.2) is 16.5 Å². The minimum Gasteiger partial charge on any atom is -0.339 e. The highest BCUT2D eigenvalue weighted by Gasteiger charge is 2.05. The molecular formula is C12H13N3. The maximum Gasteiger partial charge on any atom is 0.0597 e. The van der Waals surface area contributed by atoms with Crippen LogP contribution in [-0.2, 0) is 0 Å². The average molecular weight is 199 g/mol. The number of pyridine rings is 2. The lowest BCUT2D eigenvalue weighted by molar-refractivity contribution is 1.01. The highest BCUT2D eigenvalue weighted by molar-refractivity contribution is 5.60. The fourth-order valence-electron chi connectivity index (χ4n) is 1.54. The monoisotopic (exact) mass is 199 g/mol. The summed E-state index contributed by atoms with van der Waals surface area (Å²) in [6.45, 7) is 3.01. The van der Waals surface area contributed by atoms with Gasteiger partial charge in [-0.05, 0) is 31.2 Å². The van der Waals surface area contributed by atoms with Crippen molar-refractivity contribution in [1.82, 2.24) is 9.97 Å². The summed E-state index contributed by atoms with van der Waals surface area (Å²) in [4.78, 5) is 10.4. The van der Waals surface area contributed by atoms with Crippen LogP contribution in [0.5, 0.6) is 0 Å². The van der Waals surface area contributed by atoms with Crippen LogP contribution in [0.15, 0.2) is 49.1 Å². The standard InChI is InChI=1S/C12H13N3/c1-2-15(11-5-3-7-13-9-11)12-6-4-8-14-10-12/h3-10H,2H2,1H3. The summed E-state index contributed by atoms with van der Waals surface area (Å²) in [6.07, 6.45) is 7.27. The van der Waals surface area contributed by atoms with E-state index in [9.17, 15) is 0 Å². The number of nitrogens with zero attached hydrogens (tertiary/aromatic N) is 3. The molecule has 0 amide bonds. The third-order valence-electron chi connectivity index (χ3n) is 2.23. The molecule has 0 aliphatic heterocycles. The van der Waals surface area contributed by atoms with Crippen molar-refractivity contribution in [3.63, 3.8) is 0 Å². The Hall–Kier alpha value is -1.90. The van der Waals surface area contributed by atoms with E-state index in [2.05, 4.69) is 21.8 Å². The first-order valence-electron chi connectivity index (χ1n) is 4.99. The van der Waals surface area contributed by atoms with Crippen molar-refractivity contribution in [3.8, 4) is 0 Å². The van der Waals surface area contributed by atoms with Crippen molar-refractivity contribution in [2.45, 2.75) is 6.92 Å². The zero-order valence-corrected chi connectivity index (χ0v) is 8.67. The van der Waals surface area contributed by atoms with Gasteiger partial charge in [0.2, 0.25) is 0 Å². The lowest BCUT2D eigenvalue weighted by Gasteiger charge is -2.22. The van der Waals surface area contributed by atoms with Crippen molar-refractivity contribution >= 4 is 11.4 Å². The molecule has 0 fully saturated rings. The molecule has 76 valence electrons. The Kier molecular flexibility index (Phi) is 2.93. The minimum absolute atomic E-state index is 0.900. The van der Waals surface area contributed by atoms with Gasteiger partial charge in [0.15, 0.2) is 0 Å². The van der Waals surface area contributed by atoms with Gasteiger partial charge in [0.25, 0.3) is 0 Å². The normalized spacial score (nSPS) is 9.93. The van der Waals surface area contributed by atoms with Crippen molar-refractivity contribution in [3.05, 3.63) is 49.1 Å². The molecule has 3 heteroatoms. The van der Waals surface area contributed by atoms with Crippen LogP contribution < -0.4 is 4.90 Å². The number of hydrogen-bond donors (Lipinski definition) is 0. The van der Waals surface area contributed by atoms with Crippen molar-refractivity contribution < 1.29 is 0 Å². The van der Waals surface area contributed by atoms with Crippen molar-refractivity contribution in [2.24, 2.45) is 0 Å². The van der Waals surface area contributed by atoms with Crippen LogP contribution in [0.3, 0.4) is 0 Å². The zero-order chi connectivity index (χ0) is 10.5. The zero-order valence-electron chi connectivity index (χ0n) is 8.67. The molecule has 2 aromatic rings. The lowest BCUT2D eigenvalue weighted by Crippen LogP contribution is -2.16. The first kappa shape index (κ1) is 9.65. The van der Waals surface area contributed by atoms with Gasteiger partial charge in [-0.2, -0.15) is 0 Å². The van der Waals surface area contributed by atoms with E-state index in [1.165, 1.54) is 0 Å². The molecule has 0 saturated heterocycles. The van der Waals surface area contributed by atoms with Gasteiger partial charge in [0, 0.05) is 18.9 Å². The highest BCUT2D eigenvalue weighted by atomic mass is 15.1. The summed E-state index contributed by atoms with van der Waals surface area (Å²) in [7, 11) is 0. The summed E-state index contributed by atoms with van der Waals surface area (Å²) in [5.74, 6) is 0. The van der Waals surface area contributed by atoms with Crippen LogP contribution >= 0.6 is 0 Å². The van der Waals surface area contributed by atoms with Crippen LogP contribution in [0, 0.1) is 0 Å². The van der Waals surface area contributed by atoms with Crippen LogP contribution in [0.4, 0.5) is 11.4 Å². The predicted octanol–water partition coefficient (Wildman–Crippen LogP) is 2.63. The molecule has 0 N–H and O–H groups in total. The first-order chi connectivity index (χ1) is 7.42. The second-order valence-electron chi connectivity index (χ2n) is 3.17. The summed E-state index contributed by atoms with van der Waals surface area (Å²) < 4.78 is 0. The average Bonchev–Trinajstić information content (AvgIpc) is 2.33. The van der Waals surface area contributed by atoms with Gasteiger partial charge >= 0.3 is 0 Å². The van der Waals surface area contributed by atoms with E-state index < -0.39 is 0 Å². The molecule has 2 aromatic heterocycles. The molecule has 0 bridgehead atoms. The topological polar surface area (TPSA) is 29.0 Å². The fraction of sp³-hybridized carbons (Fsp3) is 0.167. The van der Waals surface area contributed by atoms with E-state index >= 15 is 0 Å². The summed E-state index contributed by atoms with van der Waals surface area (Å²) >= 11 is 0. The Bertz CT molecular complexity index is 360. The quantitative estimate of drug-likeness (QED) is 0.761. The Labute approximate surface area is 89.4 Å². The highest BCUT2D eigenvalue weighted by Crippen LogP contribution is 2.22. The summed E-state index contributed by atoms with van der Waals surface area (Å²) in [5.41, 5.74) is 2.18. The molecule has 0 aromatic carbocycles. The molecular weight excluding hydrogens is 186 g/mol. The summed E-state index contributed by atoms with van der Waals surface area (Å²) in [6, 6.07) is 7.97. The maximum absolute atomic E-state index is 4.12. The Balaban J connectivity index is 2.34. The van der Waals surface area contributed by atoms with E-state index in [4.69, 9.17) is 0 Å². The van der Waals surface area contributed by atoms with Gasteiger partial charge < -0.3 is 4.90 Å². The third kappa shape index (κ3) is 2.13. The van der Waals surface area contributed by atoms with E-state index in [0.717, 1.165) is 17.9 Å². The third-order valence-corrected chi connectivity index (χ3v) is 2.23. The van der Waals surface area contributed by atoms with Gasteiger partial charge in [0.05, 0.1) is 23.8 Å². The van der Waals surface area contributed by atoms with Gasteiger partial charge in [-0.15, -0.1) is 0 Å². The molecule has 0 spiro atoms. The molecule has 0 radical (unpaired) electrons. The molecule has 2 heterocycles. The number of anilines is 2. The summed E-state index contributed by atoms with van der Waals surface area (Å²) in [5, 5.41) is 0. The first-order valence-corrected chi connectivity index (χ1v) is 4.99. The second-order valence-corrected chi connectivity index (χ2v) is 3.17. The van der Waals surface area contributed by atoms with Gasteiger partial charge in [0.1, 0.15) is 0 Å². The van der Waals surface area contributed by atoms with Gasteiger partial charge in [-0.3, -0.25) is 9.97 Å². The van der Waals surface area contributed by atoms with E-state index in [0.29, 0.717) is 0 Å². The second kappa shape index (κ2) is 4.55. The molecule has 0 unspecified atom stereocenters.